The van der Waals surface area contributed by atoms with Crippen molar-refractivity contribution in [3.63, 3.8) is 0 Å². The SMILES string of the molecule is CCOc1ccc2nc(SCC(=O)Nc3ccc4nc(SCC(=O)Nc5cccc(C)c5C)sc4c3)sc2c1. The minimum Gasteiger partial charge on any atom is -0.494 e. The van der Waals surface area contributed by atoms with Crippen LogP contribution in [-0.2, 0) is 9.59 Å². The lowest BCUT2D eigenvalue weighted by molar-refractivity contribution is -0.114. The number of aromatic nitrogens is 2. The summed E-state index contributed by atoms with van der Waals surface area (Å²) >= 11 is 5.88. The molecule has 2 aromatic heterocycles. The molecule has 3 aromatic carbocycles. The average Bonchev–Trinajstić information content (AvgIpc) is 3.52. The van der Waals surface area contributed by atoms with E-state index in [2.05, 4.69) is 20.6 Å². The number of benzene rings is 3. The van der Waals surface area contributed by atoms with E-state index in [1.54, 1.807) is 11.3 Å². The van der Waals surface area contributed by atoms with Gasteiger partial charge in [0, 0.05) is 11.4 Å². The summed E-state index contributed by atoms with van der Waals surface area (Å²) in [6.07, 6.45) is 0. The molecule has 0 radical (unpaired) electrons. The van der Waals surface area contributed by atoms with E-state index in [4.69, 9.17) is 4.74 Å². The molecule has 39 heavy (non-hydrogen) atoms. The molecule has 0 unspecified atom stereocenters. The second kappa shape index (κ2) is 12.4. The summed E-state index contributed by atoms with van der Waals surface area (Å²) in [7, 11) is 0. The number of hydrogen-bond donors (Lipinski definition) is 2. The van der Waals surface area contributed by atoms with Crippen molar-refractivity contribution in [3.8, 4) is 5.75 Å². The minimum absolute atomic E-state index is 0.0683. The monoisotopic (exact) mass is 594 g/mol. The molecule has 0 aliphatic rings. The smallest absolute Gasteiger partial charge is 0.234 e. The molecule has 5 aromatic rings. The number of aryl methyl sites for hydroxylation is 1. The van der Waals surface area contributed by atoms with E-state index in [9.17, 15) is 9.59 Å². The van der Waals surface area contributed by atoms with Crippen molar-refractivity contribution in [1.82, 2.24) is 9.97 Å². The second-order valence-corrected chi connectivity index (χ2v) is 13.1. The van der Waals surface area contributed by atoms with Gasteiger partial charge in [0.05, 0.1) is 38.5 Å². The zero-order valence-electron chi connectivity index (χ0n) is 21.6. The van der Waals surface area contributed by atoms with Gasteiger partial charge in [-0.3, -0.25) is 9.59 Å². The maximum atomic E-state index is 12.6. The Hall–Kier alpha value is -3.12. The third kappa shape index (κ3) is 6.91. The molecule has 200 valence electrons. The molecule has 0 spiro atoms. The van der Waals surface area contributed by atoms with Gasteiger partial charge in [-0.2, -0.15) is 0 Å². The third-order valence-corrected chi connectivity index (χ3v) is 10.2. The van der Waals surface area contributed by atoms with Crippen LogP contribution in [0.1, 0.15) is 18.1 Å². The molecular weight excluding hydrogens is 569 g/mol. The zero-order valence-corrected chi connectivity index (χ0v) is 24.8. The highest BCUT2D eigenvalue weighted by Crippen LogP contribution is 2.33. The summed E-state index contributed by atoms with van der Waals surface area (Å²) < 4.78 is 9.20. The first-order valence-corrected chi connectivity index (χ1v) is 15.8. The Bertz CT molecular complexity index is 1660. The Labute approximate surface area is 242 Å². The average molecular weight is 595 g/mol. The molecular formula is C28H26N4O3S4. The highest BCUT2D eigenvalue weighted by molar-refractivity contribution is 8.02. The molecule has 0 fully saturated rings. The summed E-state index contributed by atoms with van der Waals surface area (Å²) in [5.74, 6) is 1.18. The first-order chi connectivity index (χ1) is 18.9. The Balaban J connectivity index is 1.14. The van der Waals surface area contributed by atoms with E-state index in [-0.39, 0.29) is 23.3 Å². The van der Waals surface area contributed by atoms with Gasteiger partial charge in [0.2, 0.25) is 11.8 Å². The number of thioether (sulfide) groups is 2. The van der Waals surface area contributed by atoms with E-state index < -0.39 is 0 Å². The lowest BCUT2D eigenvalue weighted by Gasteiger charge is -2.09. The maximum Gasteiger partial charge on any atom is 0.234 e. The van der Waals surface area contributed by atoms with Gasteiger partial charge >= 0.3 is 0 Å². The van der Waals surface area contributed by atoms with Gasteiger partial charge in [0.15, 0.2) is 8.68 Å². The summed E-state index contributed by atoms with van der Waals surface area (Å²) in [4.78, 5) is 34.3. The van der Waals surface area contributed by atoms with Crippen LogP contribution in [0.5, 0.6) is 5.75 Å². The Morgan fingerprint density at radius 2 is 1.49 bits per heavy atom. The van der Waals surface area contributed by atoms with Gasteiger partial charge < -0.3 is 15.4 Å². The molecule has 0 saturated heterocycles. The van der Waals surface area contributed by atoms with Crippen LogP contribution < -0.4 is 15.4 Å². The number of nitrogens with one attached hydrogen (secondary N) is 2. The van der Waals surface area contributed by atoms with Gasteiger partial charge in [-0.05, 0) is 74.4 Å². The van der Waals surface area contributed by atoms with Crippen LogP contribution in [0, 0.1) is 13.8 Å². The van der Waals surface area contributed by atoms with E-state index in [0.29, 0.717) is 12.3 Å². The van der Waals surface area contributed by atoms with Gasteiger partial charge in [-0.1, -0.05) is 35.7 Å². The standard InChI is InChI=1S/C28H26N4O3S4/c1-4-35-19-9-11-22-24(13-19)39-28(32-22)36-14-25(33)29-18-8-10-21-23(12-18)38-27(31-21)37-15-26(34)30-20-7-5-6-16(2)17(20)3/h5-13H,4,14-15H2,1-3H3,(H,29,33)(H,30,34). The highest BCUT2D eigenvalue weighted by atomic mass is 32.2. The predicted octanol–water partition coefficient (Wildman–Crippen LogP) is 7.38. The molecule has 2 amide bonds. The van der Waals surface area contributed by atoms with Gasteiger partial charge in [-0.15, -0.1) is 22.7 Å². The number of carbonyl (C=O) groups excluding carboxylic acids is 2. The topological polar surface area (TPSA) is 93.2 Å². The lowest BCUT2D eigenvalue weighted by Crippen LogP contribution is -2.15. The van der Waals surface area contributed by atoms with E-state index >= 15 is 0 Å². The number of hydrogen-bond acceptors (Lipinski definition) is 9. The van der Waals surface area contributed by atoms with E-state index in [1.165, 1.54) is 34.9 Å². The molecule has 0 aliphatic carbocycles. The van der Waals surface area contributed by atoms with Crippen molar-refractivity contribution in [2.45, 2.75) is 29.5 Å². The van der Waals surface area contributed by atoms with Crippen LogP contribution >= 0.6 is 46.2 Å². The third-order valence-electron chi connectivity index (χ3n) is 5.84. The van der Waals surface area contributed by atoms with Crippen molar-refractivity contribution in [3.05, 3.63) is 65.7 Å². The number of amides is 2. The van der Waals surface area contributed by atoms with E-state index in [0.717, 1.165) is 51.7 Å². The van der Waals surface area contributed by atoms with Crippen LogP contribution in [0.3, 0.4) is 0 Å². The predicted molar refractivity (Wildman–Crippen MR) is 165 cm³/mol. The number of anilines is 2. The summed E-state index contributed by atoms with van der Waals surface area (Å²) in [5.41, 5.74) is 5.50. The highest BCUT2D eigenvalue weighted by Gasteiger charge is 2.12. The fourth-order valence-electron chi connectivity index (χ4n) is 3.77. The molecule has 2 heterocycles. The molecule has 11 heteroatoms. The van der Waals surface area contributed by atoms with E-state index in [1.807, 2.05) is 75.4 Å². The molecule has 5 rings (SSSR count). The van der Waals surface area contributed by atoms with Crippen LogP contribution in [0.25, 0.3) is 20.4 Å². The van der Waals surface area contributed by atoms with Gasteiger partial charge in [0.25, 0.3) is 0 Å². The fraction of sp³-hybridized carbons (Fsp3) is 0.214. The maximum absolute atomic E-state index is 12.6. The quantitative estimate of drug-likeness (QED) is 0.163. The van der Waals surface area contributed by atoms with Crippen LogP contribution in [0.15, 0.2) is 63.3 Å². The van der Waals surface area contributed by atoms with Crippen molar-refractivity contribution in [2.75, 3.05) is 28.7 Å². The molecule has 7 nitrogen and oxygen atoms in total. The molecule has 0 bridgehead atoms. The number of rotatable bonds is 10. The van der Waals surface area contributed by atoms with Crippen LogP contribution in [0.4, 0.5) is 11.4 Å². The Kier molecular flexibility index (Phi) is 8.71. The Morgan fingerprint density at radius 1 is 0.846 bits per heavy atom. The number of ether oxygens (including phenoxy) is 1. The van der Waals surface area contributed by atoms with Crippen molar-refractivity contribution >= 4 is 89.8 Å². The number of fused-ring (bicyclic) bond motifs is 2. The first-order valence-electron chi connectivity index (χ1n) is 12.2. The zero-order chi connectivity index (χ0) is 27.4. The largest absolute Gasteiger partial charge is 0.494 e. The lowest BCUT2D eigenvalue weighted by atomic mass is 10.1. The van der Waals surface area contributed by atoms with Crippen LogP contribution in [0.2, 0.25) is 0 Å². The van der Waals surface area contributed by atoms with Crippen molar-refractivity contribution in [2.24, 2.45) is 0 Å². The molecule has 0 saturated carbocycles. The number of nitrogens with zero attached hydrogens (tertiary/aromatic N) is 2. The van der Waals surface area contributed by atoms with Crippen molar-refractivity contribution in [1.29, 1.82) is 0 Å². The summed E-state index contributed by atoms with van der Waals surface area (Å²) in [6, 6.07) is 17.4. The van der Waals surface area contributed by atoms with Crippen LogP contribution in [-0.4, -0.2) is 39.9 Å². The summed E-state index contributed by atoms with van der Waals surface area (Å²) in [5, 5.41) is 5.95. The molecule has 0 atom stereocenters. The van der Waals surface area contributed by atoms with Gasteiger partial charge in [0.1, 0.15) is 5.75 Å². The molecule has 0 aliphatic heterocycles. The first kappa shape index (κ1) is 27.4. The fourth-order valence-corrected chi connectivity index (χ4v) is 7.57. The number of carbonyl (C=O) groups is 2. The van der Waals surface area contributed by atoms with Gasteiger partial charge in [-0.25, -0.2) is 9.97 Å². The normalized spacial score (nSPS) is 11.2. The second-order valence-electron chi connectivity index (χ2n) is 8.63. The molecule has 2 N–H and O–H groups in total. The number of thiazole rings is 2. The minimum atomic E-state index is -0.101. The summed E-state index contributed by atoms with van der Waals surface area (Å²) in [6.45, 7) is 6.60. The van der Waals surface area contributed by atoms with Crippen molar-refractivity contribution < 1.29 is 14.3 Å². The Morgan fingerprint density at radius 3 is 2.18 bits per heavy atom.